The Bertz CT molecular complexity index is 961. The monoisotopic (exact) mass is 405 g/mol. The topological polar surface area (TPSA) is 93.8 Å². The molecule has 9 heteroatoms. The van der Waals surface area contributed by atoms with Crippen molar-refractivity contribution in [2.24, 2.45) is 10.7 Å². The van der Waals surface area contributed by atoms with Crippen molar-refractivity contribution in [2.45, 2.75) is 0 Å². The van der Waals surface area contributed by atoms with Gasteiger partial charge in [0.1, 0.15) is 11.6 Å². The lowest BCUT2D eigenvalue weighted by Crippen LogP contribution is -2.20. The molecule has 0 radical (unpaired) electrons. The van der Waals surface area contributed by atoms with Crippen LogP contribution in [0.2, 0.25) is 5.02 Å². The van der Waals surface area contributed by atoms with Gasteiger partial charge >= 0.3 is 0 Å². The summed E-state index contributed by atoms with van der Waals surface area (Å²) < 4.78 is 18.4. The Kier molecular flexibility index (Phi) is 5.78. The van der Waals surface area contributed by atoms with E-state index in [-0.39, 0.29) is 11.8 Å². The summed E-state index contributed by atoms with van der Waals surface area (Å²) >= 11 is 7.05. The lowest BCUT2D eigenvalue weighted by Gasteiger charge is -2.10. The van der Waals surface area contributed by atoms with Crippen molar-refractivity contribution in [3.8, 4) is 5.75 Å². The summed E-state index contributed by atoms with van der Waals surface area (Å²) in [5.41, 5.74) is 6.50. The summed E-state index contributed by atoms with van der Waals surface area (Å²) in [4.78, 5) is 27.7. The molecule has 0 fully saturated rings. The van der Waals surface area contributed by atoms with Gasteiger partial charge in [-0.2, -0.15) is 4.99 Å². The first-order chi connectivity index (χ1) is 12.9. The number of rotatable bonds is 5. The number of benzene rings is 2. The van der Waals surface area contributed by atoms with E-state index < -0.39 is 17.6 Å². The maximum atomic E-state index is 12.9. The number of carbonyl (C=O) groups is 2. The Morgan fingerprint density at radius 1 is 1.30 bits per heavy atom. The Labute approximate surface area is 163 Å². The lowest BCUT2D eigenvalue weighted by atomic mass is 10.2. The van der Waals surface area contributed by atoms with E-state index >= 15 is 0 Å². The van der Waals surface area contributed by atoms with Crippen LogP contribution in [-0.4, -0.2) is 23.6 Å². The molecular weight excluding hydrogens is 393 g/mol. The molecule has 0 bridgehead atoms. The molecule has 0 spiro atoms. The number of amidine groups is 1. The van der Waals surface area contributed by atoms with Gasteiger partial charge in [0.05, 0.1) is 4.91 Å². The van der Waals surface area contributed by atoms with E-state index in [1.807, 2.05) is 0 Å². The van der Waals surface area contributed by atoms with Crippen LogP contribution in [0.5, 0.6) is 5.75 Å². The number of amides is 2. The van der Waals surface area contributed by atoms with Crippen LogP contribution in [0, 0.1) is 5.82 Å². The van der Waals surface area contributed by atoms with E-state index in [1.165, 1.54) is 24.3 Å². The highest BCUT2D eigenvalue weighted by Crippen LogP contribution is 2.31. The number of ether oxygens (including phenoxy) is 1. The third-order valence-corrected chi connectivity index (χ3v) is 4.43. The summed E-state index contributed by atoms with van der Waals surface area (Å²) in [6, 6.07) is 10.2. The van der Waals surface area contributed by atoms with Crippen LogP contribution < -0.4 is 15.8 Å². The van der Waals surface area contributed by atoms with Crippen molar-refractivity contribution in [1.82, 2.24) is 0 Å². The van der Waals surface area contributed by atoms with Gasteiger partial charge in [0.2, 0.25) is 0 Å². The highest BCUT2D eigenvalue weighted by molar-refractivity contribution is 8.18. The van der Waals surface area contributed by atoms with Gasteiger partial charge in [0.15, 0.2) is 11.8 Å². The quantitative estimate of drug-likeness (QED) is 0.743. The Hall–Kier alpha value is -2.84. The molecule has 0 saturated carbocycles. The van der Waals surface area contributed by atoms with Crippen LogP contribution in [0.3, 0.4) is 0 Å². The van der Waals surface area contributed by atoms with E-state index in [0.29, 0.717) is 26.9 Å². The van der Waals surface area contributed by atoms with Gasteiger partial charge in [-0.05, 0) is 60.3 Å². The number of nitrogens with two attached hydrogens (primary N) is 1. The molecule has 3 rings (SSSR count). The molecule has 27 heavy (non-hydrogen) atoms. The number of hydrogen-bond acceptors (Lipinski definition) is 5. The maximum absolute atomic E-state index is 12.9. The summed E-state index contributed by atoms with van der Waals surface area (Å²) in [7, 11) is 0. The summed E-state index contributed by atoms with van der Waals surface area (Å²) in [5.74, 6) is -0.904. The van der Waals surface area contributed by atoms with Gasteiger partial charge in [-0.15, -0.1) is 0 Å². The number of nitrogens with zero attached hydrogens (tertiary/aromatic N) is 1. The van der Waals surface area contributed by atoms with Gasteiger partial charge in [-0.1, -0.05) is 11.6 Å². The average Bonchev–Trinajstić information content (AvgIpc) is 2.93. The molecular formula is C18H13ClFN3O3S. The van der Waals surface area contributed by atoms with Crippen LogP contribution in [-0.2, 0) is 9.59 Å². The van der Waals surface area contributed by atoms with Crippen molar-refractivity contribution in [3.05, 3.63) is 63.8 Å². The first-order valence-corrected chi connectivity index (χ1v) is 8.86. The second kappa shape index (κ2) is 8.24. The normalized spacial score (nSPS) is 15.0. The number of aliphatic imine (C=N–C) groups is 1. The first-order valence-electron chi connectivity index (χ1n) is 7.66. The zero-order valence-electron chi connectivity index (χ0n) is 13.7. The summed E-state index contributed by atoms with van der Waals surface area (Å²) in [6.45, 7) is -0.283. The number of halogens is 2. The number of nitrogens with one attached hydrogen (secondary N) is 1. The van der Waals surface area contributed by atoms with E-state index in [1.54, 1.807) is 24.3 Å². The molecule has 2 aromatic carbocycles. The zero-order valence-corrected chi connectivity index (χ0v) is 15.3. The third kappa shape index (κ3) is 5.08. The zero-order chi connectivity index (χ0) is 19.4. The first kappa shape index (κ1) is 18.9. The average molecular weight is 406 g/mol. The van der Waals surface area contributed by atoms with Gasteiger partial charge in [0.25, 0.3) is 11.8 Å². The largest absolute Gasteiger partial charge is 0.483 e. The fourth-order valence-electron chi connectivity index (χ4n) is 2.20. The van der Waals surface area contributed by atoms with Crippen LogP contribution >= 0.6 is 23.4 Å². The number of hydrogen-bond donors (Lipinski definition) is 2. The van der Waals surface area contributed by atoms with Gasteiger partial charge < -0.3 is 15.8 Å². The van der Waals surface area contributed by atoms with Gasteiger partial charge in [-0.25, -0.2) is 4.39 Å². The number of anilines is 1. The predicted molar refractivity (Wildman–Crippen MR) is 104 cm³/mol. The standard InChI is InChI=1S/C18H13ClFN3O3S/c19-11-1-6-14(10(7-11)8-15-17(25)23-18(21)27-15)26-9-16(24)22-13-4-2-12(20)3-5-13/h1-8H,9H2,(H,22,24)(H2,21,23,25)/b15-8-. The summed E-state index contributed by atoms with van der Waals surface area (Å²) in [5, 5.41) is 3.19. The van der Waals surface area contributed by atoms with E-state index in [4.69, 9.17) is 22.1 Å². The van der Waals surface area contributed by atoms with Crippen LogP contribution in [0.4, 0.5) is 10.1 Å². The highest BCUT2D eigenvalue weighted by Gasteiger charge is 2.20. The van der Waals surface area contributed by atoms with E-state index in [0.717, 1.165) is 11.8 Å². The van der Waals surface area contributed by atoms with Crippen molar-refractivity contribution in [2.75, 3.05) is 11.9 Å². The fourth-order valence-corrected chi connectivity index (χ4v) is 3.06. The van der Waals surface area contributed by atoms with Crippen molar-refractivity contribution in [3.63, 3.8) is 0 Å². The van der Waals surface area contributed by atoms with Crippen molar-refractivity contribution < 1.29 is 18.7 Å². The van der Waals surface area contributed by atoms with Gasteiger partial charge in [-0.3, -0.25) is 9.59 Å². The third-order valence-electron chi connectivity index (χ3n) is 3.38. The second-order valence-corrected chi connectivity index (χ2v) is 6.89. The highest BCUT2D eigenvalue weighted by atomic mass is 35.5. The fraction of sp³-hybridized carbons (Fsp3) is 0.0556. The second-order valence-electron chi connectivity index (χ2n) is 5.39. The minimum absolute atomic E-state index is 0.162. The minimum atomic E-state index is -0.447. The van der Waals surface area contributed by atoms with Crippen LogP contribution in [0.1, 0.15) is 5.56 Å². The molecule has 6 nitrogen and oxygen atoms in total. The predicted octanol–water partition coefficient (Wildman–Crippen LogP) is 3.43. The molecule has 1 heterocycles. The smallest absolute Gasteiger partial charge is 0.286 e. The Morgan fingerprint density at radius 2 is 2.04 bits per heavy atom. The Balaban J connectivity index is 1.70. The molecule has 2 amide bonds. The minimum Gasteiger partial charge on any atom is -0.483 e. The lowest BCUT2D eigenvalue weighted by molar-refractivity contribution is -0.118. The molecule has 3 N–H and O–H groups in total. The molecule has 0 unspecified atom stereocenters. The molecule has 1 aliphatic heterocycles. The SMILES string of the molecule is NC1=NC(=O)/C(=C/c2cc(Cl)ccc2OCC(=O)Nc2ccc(F)cc2)S1. The van der Waals surface area contributed by atoms with Crippen molar-refractivity contribution >= 4 is 52.1 Å². The summed E-state index contributed by atoms with van der Waals surface area (Å²) in [6.07, 6.45) is 1.55. The molecule has 0 saturated heterocycles. The van der Waals surface area contributed by atoms with Gasteiger partial charge in [0, 0.05) is 16.3 Å². The molecule has 1 aliphatic rings. The van der Waals surface area contributed by atoms with Crippen LogP contribution in [0.15, 0.2) is 52.4 Å². The molecule has 0 atom stereocenters. The number of carbonyl (C=O) groups excluding carboxylic acids is 2. The molecule has 0 aromatic heterocycles. The molecule has 2 aromatic rings. The maximum Gasteiger partial charge on any atom is 0.286 e. The Morgan fingerprint density at radius 3 is 2.70 bits per heavy atom. The molecule has 0 aliphatic carbocycles. The number of thioether (sulfide) groups is 1. The van der Waals surface area contributed by atoms with Crippen molar-refractivity contribution in [1.29, 1.82) is 0 Å². The van der Waals surface area contributed by atoms with Crippen LogP contribution in [0.25, 0.3) is 6.08 Å². The van der Waals surface area contributed by atoms with E-state index in [2.05, 4.69) is 10.3 Å². The van der Waals surface area contributed by atoms with E-state index in [9.17, 15) is 14.0 Å². The molecule has 138 valence electrons.